The predicted octanol–water partition coefficient (Wildman–Crippen LogP) is -0.176. The van der Waals surface area contributed by atoms with Crippen LogP contribution < -0.4 is 10.6 Å². The minimum atomic E-state index is 0.940. The van der Waals surface area contributed by atoms with Gasteiger partial charge >= 0.3 is 0 Å². The van der Waals surface area contributed by atoms with Crippen LogP contribution in [0.25, 0.3) is 6.20 Å². The van der Waals surface area contributed by atoms with Gasteiger partial charge < -0.3 is 0 Å². The van der Waals surface area contributed by atoms with Gasteiger partial charge in [0.1, 0.15) is 0 Å². The van der Waals surface area contributed by atoms with Gasteiger partial charge in [-0.2, -0.15) is 10.2 Å². The number of fused-ring (bicyclic) bond motifs is 3. The second kappa shape index (κ2) is 1.88. The SMILES string of the molecule is C1=NC=c2ccc3c(c21)C=NN=3. The van der Waals surface area contributed by atoms with Gasteiger partial charge in [0.05, 0.1) is 11.6 Å². The highest BCUT2D eigenvalue weighted by Crippen LogP contribution is 2.00. The van der Waals surface area contributed by atoms with Gasteiger partial charge in [-0.25, -0.2) is 0 Å². The van der Waals surface area contributed by atoms with Gasteiger partial charge in [0.2, 0.25) is 0 Å². The van der Waals surface area contributed by atoms with Crippen LogP contribution in [0.5, 0.6) is 0 Å². The van der Waals surface area contributed by atoms with Crippen LogP contribution in [-0.2, 0) is 0 Å². The Morgan fingerprint density at radius 2 is 2.00 bits per heavy atom. The summed E-state index contributed by atoms with van der Waals surface area (Å²) in [5, 5.41) is 9.91. The highest BCUT2D eigenvalue weighted by Gasteiger charge is 2.08. The van der Waals surface area contributed by atoms with Gasteiger partial charge in [-0.1, -0.05) is 6.07 Å². The third-order valence-electron chi connectivity index (χ3n) is 2.07. The minimum Gasteiger partial charge on any atom is -0.263 e. The van der Waals surface area contributed by atoms with Crippen molar-refractivity contribution >= 4 is 18.6 Å². The van der Waals surface area contributed by atoms with Crippen molar-refractivity contribution in [3.05, 3.63) is 33.8 Å². The summed E-state index contributed by atoms with van der Waals surface area (Å²) in [6.07, 6.45) is 5.47. The summed E-state index contributed by atoms with van der Waals surface area (Å²) < 4.78 is 0. The molecule has 0 bridgehead atoms. The number of hydrogen-bond donors (Lipinski definition) is 0. The summed E-state index contributed by atoms with van der Waals surface area (Å²) in [7, 11) is 0. The number of hydrogen-bond acceptors (Lipinski definition) is 3. The van der Waals surface area contributed by atoms with Gasteiger partial charge in [0, 0.05) is 28.8 Å². The van der Waals surface area contributed by atoms with E-state index in [9.17, 15) is 0 Å². The van der Waals surface area contributed by atoms with E-state index < -0.39 is 0 Å². The van der Waals surface area contributed by atoms with Crippen LogP contribution in [-0.4, -0.2) is 12.4 Å². The topological polar surface area (TPSA) is 37.1 Å². The molecule has 0 saturated heterocycles. The molecular formula is C9H5N3. The number of aliphatic imine (C=N–C) groups is 1. The Kier molecular flexibility index (Phi) is 0.913. The fourth-order valence-electron chi connectivity index (χ4n) is 1.46. The first-order valence-electron chi connectivity index (χ1n) is 3.72. The summed E-state index contributed by atoms with van der Waals surface area (Å²) in [6, 6.07) is 3.98. The van der Waals surface area contributed by atoms with Gasteiger partial charge in [-0.05, 0) is 6.07 Å². The molecule has 0 N–H and O–H groups in total. The Hall–Kier alpha value is -1.77. The van der Waals surface area contributed by atoms with Crippen molar-refractivity contribution in [3.63, 3.8) is 0 Å². The molecule has 3 rings (SSSR count). The highest BCUT2D eigenvalue weighted by molar-refractivity contribution is 5.97. The quantitative estimate of drug-likeness (QED) is 0.498. The Bertz CT molecular complexity index is 474. The molecule has 2 heterocycles. The monoisotopic (exact) mass is 155 g/mol. The molecule has 1 aromatic rings. The van der Waals surface area contributed by atoms with Crippen molar-refractivity contribution in [1.82, 2.24) is 0 Å². The van der Waals surface area contributed by atoms with Crippen molar-refractivity contribution < 1.29 is 0 Å². The molecule has 0 aromatic heterocycles. The van der Waals surface area contributed by atoms with Gasteiger partial charge in [-0.15, -0.1) is 0 Å². The summed E-state index contributed by atoms with van der Waals surface area (Å²) in [5.74, 6) is 0. The normalized spacial score (nSPS) is 15.3. The second-order valence-electron chi connectivity index (χ2n) is 2.75. The first-order valence-corrected chi connectivity index (χ1v) is 3.72. The van der Waals surface area contributed by atoms with Crippen LogP contribution in [0.3, 0.4) is 0 Å². The summed E-state index contributed by atoms with van der Waals surface area (Å²) >= 11 is 0. The van der Waals surface area contributed by atoms with Crippen LogP contribution in [0.15, 0.2) is 27.3 Å². The van der Waals surface area contributed by atoms with E-state index in [-0.39, 0.29) is 0 Å². The standard InChI is InChI=1S/C9H5N3/c1-2-9-8(5-11-12-9)7-4-10-3-6(1)7/h1-5H. The Balaban J connectivity index is 2.57. The molecule has 3 nitrogen and oxygen atoms in total. The third kappa shape index (κ3) is 0.580. The third-order valence-corrected chi connectivity index (χ3v) is 2.07. The van der Waals surface area contributed by atoms with Gasteiger partial charge in [0.15, 0.2) is 0 Å². The van der Waals surface area contributed by atoms with E-state index in [1.54, 1.807) is 6.21 Å². The van der Waals surface area contributed by atoms with Crippen molar-refractivity contribution in [1.29, 1.82) is 0 Å². The van der Waals surface area contributed by atoms with E-state index in [2.05, 4.69) is 15.2 Å². The maximum Gasteiger partial charge on any atom is 0.0952 e. The molecular weight excluding hydrogens is 150 g/mol. The second-order valence-corrected chi connectivity index (χ2v) is 2.75. The number of rotatable bonds is 0. The lowest BCUT2D eigenvalue weighted by molar-refractivity contribution is 1.18. The largest absolute Gasteiger partial charge is 0.263 e. The molecule has 0 unspecified atom stereocenters. The van der Waals surface area contributed by atoms with Gasteiger partial charge in [0.25, 0.3) is 0 Å². The zero-order valence-electron chi connectivity index (χ0n) is 6.23. The van der Waals surface area contributed by atoms with Crippen LogP contribution in [0.4, 0.5) is 0 Å². The Morgan fingerprint density at radius 3 is 3.00 bits per heavy atom. The molecule has 0 radical (unpaired) electrons. The lowest BCUT2D eigenvalue weighted by Crippen LogP contribution is -2.17. The van der Waals surface area contributed by atoms with Crippen molar-refractivity contribution in [3.8, 4) is 0 Å². The molecule has 2 aliphatic heterocycles. The van der Waals surface area contributed by atoms with Crippen LogP contribution >= 0.6 is 0 Å². The molecule has 0 aliphatic carbocycles. The minimum absolute atomic E-state index is 0.940. The molecule has 56 valence electrons. The molecule has 0 saturated carbocycles. The van der Waals surface area contributed by atoms with Crippen LogP contribution in [0.1, 0.15) is 11.1 Å². The van der Waals surface area contributed by atoms with Crippen molar-refractivity contribution in [2.75, 3.05) is 0 Å². The summed E-state index contributed by atoms with van der Waals surface area (Å²) in [6.45, 7) is 0. The lowest BCUT2D eigenvalue weighted by Gasteiger charge is -1.92. The Morgan fingerprint density at radius 1 is 1.00 bits per heavy atom. The lowest BCUT2D eigenvalue weighted by atomic mass is 10.1. The summed E-state index contributed by atoms with van der Waals surface area (Å²) in [5.41, 5.74) is 2.22. The van der Waals surface area contributed by atoms with Crippen LogP contribution in [0.2, 0.25) is 0 Å². The highest BCUT2D eigenvalue weighted by atomic mass is 15.2. The molecule has 0 amide bonds. The fourth-order valence-corrected chi connectivity index (χ4v) is 1.46. The van der Waals surface area contributed by atoms with E-state index in [1.807, 2.05) is 24.5 Å². The maximum atomic E-state index is 4.08. The average molecular weight is 155 g/mol. The molecule has 12 heavy (non-hydrogen) atoms. The van der Waals surface area contributed by atoms with Crippen LogP contribution in [0, 0.1) is 0 Å². The summed E-state index contributed by atoms with van der Waals surface area (Å²) in [4.78, 5) is 4.08. The Labute approximate surface area is 68.5 Å². The van der Waals surface area contributed by atoms with E-state index in [4.69, 9.17) is 0 Å². The molecule has 0 fully saturated rings. The molecule has 0 spiro atoms. The first-order chi connectivity index (χ1) is 5.95. The zero-order chi connectivity index (χ0) is 7.97. The average Bonchev–Trinajstić information content (AvgIpc) is 2.71. The van der Waals surface area contributed by atoms with E-state index >= 15 is 0 Å². The number of nitrogens with zero attached hydrogens (tertiary/aromatic N) is 3. The van der Waals surface area contributed by atoms with Crippen molar-refractivity contribution in [2.45, 2.75) is 0 Å². The predicted molar refractivity (Wildman–Crippen MR) is 46.9 cm³/mol. The van der Waals surface area contributed by atoms with E-state index in [0.29, 0.717) is 0 Å². The van der Waals surface area contributed by atoms with E-state index in [0.717, 1.165) is 21.7 Å². The zero-order valence-corrected chi connectivity index (χ0v) is 6.23. The molecule has 2 aliphatic rings. The number of benzene rings is 1. The van der Waals surface area contributed by atoms with Gasteiger partial charge in [-0.3, -0.25) is 4.99 Å². The van der Waals surface area contributed by atoms with Crippen molar-refractivity contribution in [2.24, 2.45) is 15.2 Å². The smallest absolute Gasteiger partial charge is 0.0952 e. The molecule has 3 heteroatoms. The fraction of sp³-hybridized carbons (Fsp3) is 0. The molecule has 1 aromatic carbocycles. The molecule has 0 atom stereocenters. The van der Waals surface area contributed by atoms with E-state index in [1.165, 1.54) is 0 Å². The maximum absolute atomic E-state index is 4.08. The first kappa shape index (κ1) is 5.83.